The molecular weight excluding hydrogens is 242 g/mol. The summed E-state index contributed by atoms with van der Waals surface area (Å²) in [6.45, 7) is 4.48. The Hall–Kier alpha value is -1.63. The molecule has 0 spiro atoms. The summed E-state index contributed by atoms with van der Waals surface area (Å²) in [4.78, 5) is 8.87. The lowest BCUT2D eigenvalue weighted by Crippen LogP contribution is -2.54. The van der Waals surface area contributed by atoms with Gasteiger partial charge in [-0.2, -0.15) is 0 Å². The molecule has 1 saturated heterocycles. The van der Waals surface area contributed by atoms with Crippen LogP contribution in [0.2, 0.25) is 0 Å². The van der Waals surface area contributed by atoms with Gasteiger partial charge >= 0.3 is 0 Å². The van der Waals surface area contributed by atoms with E-state index in [0.29, 0.717) is 5.96 Å². The second-order valence-electron chi connectivity index (χ2n) is 4.47. The third-order valence-corrected chi connectivity index (χ3v) is 3.21. The summed E-state index contributed by atoms with van der Waals surface area (Å²) >= 11 is 0. The minimum Gasteiger partial charge on any atom is -0.395 e. The highest BCUT2D eigenvalue weighted by atomic mass is 16.3. The zero-order valence-electron chi connectivity index (χ0n) is 11.0. The van der Waals surface area contributed by atoms with E-state index in [2.05, 4.69) is 20.2 Å². The molecule has 0 bridgehead atoms. The highest BCUT2D eigenvalue weighted by Gasteiger charge is 2.18. The molecule has 0 atom stereocenters. The lowest BCUT2D eigenvalue weighted by Gasteiger charge is -2.35. The minimum atomic E-state index is 0.208. The summed E-state index contributed by atoms with van der Waals surface area (Å²) in [6.07, 6.45) is 0. The third kappa shape index (κ3) is 3.92. The van der Waals surface area contributed by atoms with E-state index in [0.717, 1.165) is 38.4 Å². The van der Waals surface area contributed by atoms with Crippen molar-refractivity contribution in [3.63, 3.8) is 0 Å². The number of guanidine groups is 1. The monoisotopic (exact) mass is 263 g/mol. The predicted octanol–water partition coefficient (Wildman–Crippen LogP) is -0.253. The fourth-order valence-corrected chi connectivity index (χ4v) is 2.14. The first-order valence-corrected chi connectivity index (χ1v) is 6.52. The van der Waals surface area contributed by atoms with E-state index in [1.165, 1.54) is 0 Å². The summed E-state index contributed by atoms with van der Waals surface area (Å²) in [7, 11) is 0. The molecule has 2 rings (SSSR count). The summed E-state index contributed by atoms with van der Waals surface area (Å²) < 4.78 is 0. The second kappa shape index (κ2) is 7.08. The van der Waals surface area contributed by atoms with Gasteiger partial charge in [-0.3, -0.25) is 10.3 Å². The molecule has 4 N–H and O–H groups in total. The van der Waals surface area contributed by atoms with Gasteiger partial charge in [0.1, 0.15) is 0 Å². The molecule has 1 aromatic carbocycles. The molecule has 0 aliphatic carbocycles. The van der Waals surface area contributed by atoms with Crippen molar-refractivity contribution in [1.29, 1.82) is 0 Å². The van der Waals surface area contributed by atoms with Crippen molar-refractivity contribution in [1.82, 2.24) is 15.2 Å². The molecule has 0 unspecified atom stereocenters. The Balaban J connectivity index is 1.98. The van der Waals surface area contributed by atoms with Crippen molar-refractivity contribution in [2.24, 2.45) is 10.8 Å². The molecule has 6 nitrogen and oxygen atoms in total. The van der Waals surface area contributed by atoms with Gasteiger partial charge in [0.2, 0.25) is 5.96 Å². The standard InChI is InChI=1S/C13H21N5O/c14-16-13(15-12-4-2-1-3-5-12)18-8-6-17(7-9-18)10-11-19/h1-5,19H,6-11,14H2,(H,15,16). The number of piperazine rings is 1. The van der Waals surface area contributed by atoms with Crippen LogP contribution in [0.1, 0.15) is 0 Å². The average molecular weight is 263 g/mol. The van der Waals surface area contributed by atoms with Gasteiger partial charge in [-0.1, -0.05) is 18.2 Å². The number of nitrogens with two attached hydrogens (primary N) is 1. The van der Waals surface area contributed by atoms with Crippen LogP contribution in [-0.4, -0.2) is 60.2 Å². The van der Waals surface area contributed by atoms with Gasteiger partial charge in [0, 0.05) is 32.7 Å². The van der Waals surface area contributed by atoms with Crippen molar-refractivity contribution in [3.05, 3.63) is 30.3 Å². The van der Waals surface area contributed by atoms with Crippen molar-refractivity contribution >= 4 is 11.6 Å². The van der Waals surface area contributed by atoms with Gasteiger partial charge in [-0.15, -0.1) is 0 Å². The number of hydrazine groups is 1. The van der Waals surface area contributed by atoms with Gasteiger partial charge in [-0.05, 0) is 12.1 Å². The maximum atomic E-state index is 8.92. The van der Waals surface area contributed by atoms with Crippen LogP contribution in [0.5, 0.6) is 0 Å². The van der Waals surface area contributed by atoms with Crippen molar-refractivity contribution in [3.8, 4) is 0 Å². The molecular formula is C13H21N5O. The third-order valence-electron chi connectivity index (χ3n) is 3.21. The topological polar surface area (TPSA) is 77.1 Å². The number of para-hydroxylation sites is 1. The molecule has 1 heterocycles. The Bertz CT molecular complexity index is 401. The van der Waals surface area contributed by atoms with Gasteiger partial charge in [0.05, 0.1) is 12.3 Å². The minimum absolute atomic E-state index is 0.208. The maximum Gasteiger partial charge on any atom is 0.213 e. The van der Waals surface area contributed by atoms with Crippen LogP contribution in [0.15, 0.2) is 35.3 Å². The Labute approximate surface area is 113 Å². The second-order valence-corrected chi connectivity index (χ2v) is 4.47. The van der Waals surface area contributed by atoms with E-state index >= 15 is 0 Å². The number of hydrogen-bond acceptors (Lipinski definition) is 4. The molecule has 1 aromatic rings. The van der Waals surface area contributed by atoms with Crippen molar-refractivity contribution < 1.29 is 5.11 Å². The summed E-state index contributed by atoms with van der Waals surface area (Å²) in [5, 5.41) is 8.92. The van der Waals surface area contributed by atoms with Crippen LogP contribution in [0.4, 0.5) is 5.69 Å². The van der Waals surface area contributed by atoms with Gasteiger partial charge in [0.15, 0.2) is 0 Å². The van der Waals surface area contributed by atoms with E-state index in [1.54, 1.807) is 0 Å². The lowest BCUT2D eigenvalue weighted by molar-refractivity contribution is 0.145. The van der Waals surface area contributed by atoms with Crippen molar-refractivity contribution in [2.45, 2.75) is 0 Å². The number of aliphatic hydroxyl groups excluding tert-OH is 1. The van der Waals surface area contributed by atoms with Crippen LogP contribution >= 0.6 is 0 Å². The fraction of sp³-hybridized carbons (Fsp3) is 0.462. The maximum absolute atomic E-state index is 8.92. The van der Waals surface area contributed by atoms with Crippen molar-refractivity contribution in [2.75, 3.05) is 39.3 Å². The number of nitrogens with zero attached hydrogens (tertiary/aromatic N) is 3. The number of β-amino-alcohol motifs (C(OH)–C–C–N with tert-alkyl or cyclic N) is 1. The molecule has 1 aliphatic heterocycles. The Kier molecular flexibility index (Phi) is 5.14. The normalized spacial score (nSPS) is 17.6. The number of benzene rings is 1. The first kappa shape index (κ1) is 13.8. The van der Waals surface area contributed by atoms with E-state index in [9.17, 15) is 0 Å². The van der Waals surface area contributed by atoms with Crippen LogP contribution < -0.4 is 11.3 Å². The van der Waals surface area contributed by atoms with Gasteiger partial charge < -0.3 is 10.0 Å². The van der Waals surface area contributed by atoms with Crippen LogP contribution in [0.25, 0.3) is 0 Å². The van der Waals surface area contributed by atoms with Crippen LogP contribution in [0, 0.1) is 0 Å². The first-order valence-electron chi connectivity index (χ1n) is 6.52. The molecule has 0 saturated carbocycles. The SMILES string of the molecule is NNC(=Nc1ccccc1)N1CCN(CCO)CC1. The highest BCUT2D eigenvalue weighted by molar-refractivity contribution is 5.82. The van der Waals surface area contributed by atoms with E-state index < -0.39 is 0 Å². The van der Waals surface area contributed by atoms with E-state index in [-0.39, 0.29) is 6.61 Å². The number of rotatable bonds is 3. The fourth-order valence-electron chi connectivity index (χ4n) is 2.14. The first-order chi connectivity index (χ1) is 9.33. The molecule has 0 aromatic heterocycles. The van der Waals surface area contributed by atoms with E-state index in [4.69, 9.17) is 10.9 Å². The van der Waals surface area contributed by atoms with E-state index in [1.807, 2.05) is 30.3 Å². The molecule has 0 radical (unpaired) electrons. The smallest absolute Gasteiger partial charge is 0.213 e. The quantitative estimate of drug-likeness (QED) is 0.303. The number of hydrogen-bond donors (Lipinski definition) is 3. The molecule has 1 aliphatic rings. The summed E-state index contributed by atoms with van der Waals surface area (Å²) in [5.41, 5.74) is 3.56. The largest absolute Gasteiger partial charge is 0.395 e. The van der Waals surface area contributed by atoms with Gasteiger partial charge in [0.25, 0.3) is 0 Å². The highest BCUT2D eigenvalue weighted by Crippen LogP contribution is 2.11. The number of aliphatic imine (C=N–C) groups is 1. The zero-order valence-corrected chi connectivity index (χ0v) is 11.0. The number of nitrogens with one attached hydrogen (secondary N) is 1. The lowest BCUT2D eigenvalue weighted by atomic mass is 10.3. The van der Waals surface area contributed by atoms with Crippen LogP contribution in [0.3, 0.4) is 0 Å². The predicted molar refractivity (Wildman–Crippen MR) is 76.0 cm³/mol. The molecule has 0 amide bonds. The Morgan fingerprint density at radius 1 is 1.21 bits per heavy atom. The van der Waals surface area contributed by atoms with Crippen LogP contribution in [-0.2, 0) is 0 Å². The zero-order chi connectivity index (χ0) is 13.5. The summed E-state index contributed by atoms with van der Waals surface area (Å²) in [6, 6.07) is 9.75. The number of aliphatic hydroxyl groups is 1. The Morgan fingerprint density at radius 3 is 2.47 bits per heavy atom. The summed E-state index contributed by atoms with van der Waals surface area (Å²) in [5.74, 6) is 6.26. The average Bonchev–Trinajstić information content (AvgIpc) is 2.47. The molecule has 6 heteroatoms. The Morgan fingerprint density at radius 2 is 1.89 bits per heavy atom. The molecule has 19 heavy (non-hydrogen) atoms. The van der Waals surface area contributed by atoms with Gasteiger partial charge in [-0.25, -0.2) is 10.8 Å². The molecule has 104 valence electrons. The molecule has 1 fully saturated rings.